The number of phenols is 1. The van der Waals surface area contributed by atoms with E-state index in [2.05, 4.69) is 42.0 Å². The third kappa shape index (κ3) is 5.64. The number of aryl methyl sites for hydroxylation is 1. The first-order valence-corrected chi connectivity index (χ1v) is 7.32. The van der Waals surface area contributed by atoms with Crippen molar-refractivity contribution >= 4 is 21.8 Å². The van der Waals surface area contributed by atoms with Crippen molar-refractivity contribution in [1.82, 2.24) is 5.32 Å². The summed E-state index contributed by atoms with van der Waals surface area (Å²) >= 11 is 3.58. The molecule has 3 nitrogen and oxygen atoms in total. The molecule has 0 radical (unpaired) electrons. The molecule has 0 spiro atoms. The summed E-state index contributed by atoms with van der Waals surface area (Å²) in [5, 5.41) is 12.5. The van der Waals surface area contributed by atoms with Crippen LogP contribution in [0.1, 0.15) is 43.1 Å². The Morgan fingerprint density at radius 3 is 2.58 bits per heavy atom. The van der Waals surface area contributed by atoms with Gasteiger partial charge in [-0.1, -0.05) is 42.8 Å². The highest BCUT2D eigenvalue weighted by Crippen LogP contribution is 2.24. The number of alkyl halides is 1. The van der Waals surface area contributed by atoms with Crippen LogP contribution in [0.3, 0.4) is 0 Å². The predicted molar refractivity (Wildman–Crippen MR) is 82.0 cm³/mol. The van der Waals surface area contributed by atoms with Crippen LogP contribution < -0.4 is 5.32 Å². The number of amides is 1. The van der Waals surface area contributed by atoms with Crippen molar-refractivity contribution in [2.24, 2.45) is 5.41 Å². The second kappa shape index (κ2) is 6.42. The zero-order chi connectivity index (χ0) is 14.6. The Morgan fingerprint density at radius 2 is 2.05 bits per heavy atom. The Morgan fingerprint density at radius 1 is 1.42 bits per heavy atom. The van der Waals surface area contributed by atoms with Crippen molar-refractivity contribution in [2.45, 2.75) is 38.9 Å². The summed E-state index contributed by atoms with van der Waals surface area (Å²) in [5.41, 5.74) is 1.47. The predicted octanol–water partition coefficient (Wildman–Crippen LogP) is 3.63. The van der Waals surface area contributed by atoms with Gasteiger partial charge in [-0.25, -0.2) is 0 Å². The average Bonchev–Trinajstić information content (AvgIpc) is 2.27. The number of halogens is 1. The first kappa shape index (κ1) is 16.0. The number of benzene rings is 1. The zero-order valence-corrected chi connectivity index (χ0v) is 13.5. The third-order valence-corrected chi connectivity index (χ3v) is 3.44. The lowest BCUT2D eigenvalue weighted by molar-refractivity contribution is 0.0952. The molecule has 0 aromatic heterocycles. The molecule has 1 amide bonds. The summed E-state index contributed by atoms with van der Waals surface area (Å²) in [7, 11) is 0. The van der Waals surface area contributed by atoms with Crippen LogP contribution in [-0.2, 0) is 0 Å². The van der Waals surface area contributed by atoms with Crippen molar-refractivity contribution in [3.8, 4) is 5.75 Å². The van der Waals surface area contributed by atoms with Gasteiger partial charge in [0.05, 0.1) is 0 Å². The smallest absolute Gasteiger partial charge is 0.251 e. The molecule has 1 aromatic rings. The fourth-order valence-corrected chi connectivity index (χ4v) is 2.93. The van der Waals surface area contributed by atoms with Crippen LogP contribution in [0.25, 0.3) is 0 Å². The number of carbonyl (C=O) groups excluding carboxylic acids is 1. The molecule has 19 heavy (non-hydrogen) atoms. The maximum absolute atomic E-state index is 11.9. The van der Waals surface area contributed by atoms with Crippen molar-refractivity contribution in [3.05, 3.63) is 29.3 Å². The van der Waals surface area contributed by atoms with Crippen LogP contribution in [0, 0.1) is 12.3 Å². The molecule has 1 atom stereocenters. The van der Waals surface area contributed by atoms with Crippen molar-refractivity contribution in [2.75, 3.05) is 6.54 Å². The van der Waals surface area contributed by atoms with Gasteiger partial charge in [0.1, 0.15) is 5.75 Å². The number of hydrogen-bond acceptors (Lipinski definition) is 2. The van der Waals surface area contributed by atoms with Crippen LogP contribution in [0.2, 0.25) is 0 Å². The maximum atomic E-state index is 11.9. The van der Waals surface area contributed by atoms with Gasteiger partial charge in [-0.3, -0.25) is 4.79 Å². The van der Waals surface area contributed by atoms with E-state index in [1.807, 2.05) is 0 Å². The normalized spacial score (nSPS) is 13.1. The summed E-state index contributed by atoms with van der Waals surface area (Å²) in [6.45, 7) is 8.88. The summed E-state index contributed by atoms with van der Waals surface area (Å²) in [4.78, 5) is 12.2. The molecular weight excluding hydrogens is 306 g/mol. The molecule has 0 saturated heterocycles. The quantitative estimate of drug-likeness (QED) is 0.829. The molecule has 4 heteroatoms. The summed E-state index contributed by atoms with van der Waals surface area (Å²) in [6.07, 6.45) is 0.979. The van der Waals surface area contributed by atoms with Crippen molar-refractivity contribution in [1.29, 1.82) is 0 Å². The van der Waals surface area contributed by atoms with Crippen LogP contribution >= 0.6 is 15.9 Å². The molecule has 0 aliphatic heterocycles. The van der Waals surface area contributed by atoms with Gasteiger partial charge in [0.15, 0.2) is 0 Å². The highest BCUT2D eigenvalue weighted by atomic mass is 79.9. The zero-order valence-electron chi connectivity index (χ0n) is 12.0. The van der Waals surface area contributed by atoms with Gasteiger partial charge < -0.3 is 10.4 Å². The van der Waals surface area contributed by atoms with E-state index in [9.17, 15) is 9.90 Å². The Kier molecular flexibility index (Phi) is 5.41. The number of nitrogens with one attached hydrogen (secondary N) is 1. The first-order chi connectivity index (χ1) is 8.69. The van der Waals surface area contributed by atoms with Gasteiger partial charge in [0, 0.05) is 16.9 Å². The highest BCUT2D eigenvalue weighted by molar-refractivity contribution is 9.09. The molecule has 1 unspecified atom stereocenters. The molecule has 0 fully saturated rings. The second-order valence-corrected chi connectivity index (χ2v) is 7.37. The molecule has 2 N–H and O–H groups in total. The molecule has 0 heterocycles. The van der Waals surface area contributed by atoms with E-state index in [1.165, 1.54) is 6.07 Å². The Bertz CT molecular complexity index is 452. The number of phenolic OH excluding ortho intramolecular Hbond substituents is 1. The van der Waals surface area contributed by atoms with Crippen LogP contribution in [0.15, 0.2) is 18.2 Å². The molecule has 1 aromatic carbocycles. The topological polar surface area (TPSA) is 49.3 Å². The maximum Gasteiger partial charge on any atom is 0.251 e. The standard InChI is InChI=1S/C15H22BrNO2/c1-10-5-6-11(7-13(10)18)14(19)17-9-12(16)8-15(2,3)4/h5-7,12,18H,8-9H2,1-4H3,(H,17,19). The van der Waals surface area contributed by atoms with Crippen LogP contribution in [-0.4, -0.2) is 22.4 Å². The van der Waals surface area contributed by atoms with E-state index >= 15 is 0 Å². The second-order valence-electron chi connectivity index (χ2n) is 6.07. The minimum Gasteiger partial charge on any atom is -0.508 e. The number of hydrogen-bond donors (Lipinski definition) is 2. The minimum atomic E-state index is -0.159. The lowest BCUT2D eigenvalue weighted by atomic mass is 9.90. The van der Waals surface area contributed by atoms with Gasteiger partial charge >= 0.3 is 0 Å². The SMILES string of the molecule is Cc1ccc(C(=O)NCC(Br)CC(C)(C)C)cc1O. The largest absolute Gasteiger partial charge is 0.508 e. The lowest BCUT2D eigenvalue weighted by Gasteiger charge is -2.22. The van der Waals surface area contributed by atoms with Gasteiger partial charge in [-0.15, -0.1) is 0 Å². The van der Waals surface area contributed by atoms with Crippen LogP contribution in [0.5, 0.6) is 5.75 Å². The molecule has 106 valence electrons. The molecule has 0 saturated carbocycles. The molecule has 0 bridgehead atoms. The van der Waals surface area contributed by atoms with E-state index in [0.717, 1.165) is 12.0 Å². The van der Waals surface area contributed by atoms with Gasteiger partial charge in [-0.05, 0) is 36.5 Å². The van der Waals surface area contributed by atoms with Crippen molar-refractivity contribution < 1.29 is 9.90 Å². The van der Waals surface area contributed by atoms with Crippen molar-refractivity contribution in [3.63, 3.8) is 0 Å². The van der Waals surface area contributed by atoms with Gasteiger partial charge in [0.2, 0.25) is 0 Å². The summed E-state index contributed by atoms with van der Waals surface area (Å²) in [6, 6.07) is 4.96. The van der Waals surface area contributed by atoms with Crippen LogP contribution in [0.4, 0.5) is 0 Å². The average molecular weight is 328 g/mol. The Balaban J connectivity index is 2.53. The molecule has 0 aliphatic rings. The third-order valence-electron chi connectivity index (χ3n) is 2.79. The van der Waals surface area contributed by atoms with E-state index in [0.29, 0.717) is 12.1 Å². The first-order valence-electron chi connectivity index (χ1n) is 6.41. The Hall–Kier alpha value is -1.03. The molecule has 1 rings (SSSR count). The number of carbonyl (C=O) groups is 1. The van der Waals surface area contributed by atoms with E-state index < -0.39 is 0 Å². The number of aromatic hydroxyl groups is 1. The minimum absolute atomic E-state index is 0.151. The monoisotopic (exact) mass is 327 g/mol. The molecule has 0 aliphatic carbocycles. The van der Waals surface area contributed by atoms with Gasteiger partial charge in [-0.2, -0.15) is 0 Å². The highest BCUT2D eigenvalue weighted by Gasteiger charge is 2.17. The Labute approximate surface area is 123 Å². The fraction of sp³-hybridized carbons (Fsp3) is 0.533. The summed E-state index contributed by atoms with van der Waals surface area (Å²) in [5.74, 6) is -0.00797. The number of rotatable bonds is 4. The summed E-state index contributed by atoms with van der Waals surface area (Å²) < 4.78 is 0. The van der Waals surface area contributed by atoms with E-state index in [-0.39, 0.29) is 21.9 Å². The van der Waals surface area contributed by atoms with Gasteiger partial charge in [0.25, 0.3) is 5.91 Å². The lowest BCUT2D eigenvalue weighted by Crippen LogP contribution is -2.31. The molecular formula is C15H22BrNO2. The van der Waals surface area contributed by atoms with E-state index in [1.54, 1.807) is 19.1 Å². The fourth-order valence-electron chi connectivity index (χ4n) is 1.79. The van der Waals surface area contributed by atoms with E-state index in [4.69, 9.17) is 0 Å².